The molecule has 2 aromatic rings. The van der Waals surface area contributed by atoms with Crippen LogP contribution in [0.5, 0.6) is 11.5 Å². The average Bonchev–Trinajstić information content (AvgIpc) is 2.68. The number of methoxy groups -OCH3 is 1. The summed E-state index contributed by atoms with van der Waals surface area (Å²) >= 11 is 0. The van der Waals surface area contributed by atoms with Crippen molar-refractivity contribution >= 4 is 23.7 Å². The van der Waals surface area contributed by atoms with Crippen molar-refractivity contribution in [3.8, 4) is 11.5 Å². The molecule has 0 saturated heterocycles. The molecule has 0 aliphatic heterocycles. The number of benzene rings is 2. The van der Waals surface area contributed by atoms with Crippen LogP contribution in [0.1, 0.15) is 24.5 Å². The molecule has 0 bridgehead atoms. The van der Waals surface area contributed by atoms with Crippen LogP contribution in [-0.4, -0.2) is 31.7 Å². The standard InChI is InChI=1S/C20H20F3N3O4/c1-3-30-17-9-13(7-8-16(17)29-2)12-24-26-19(28)11-18(27)25-15-6-4-5-14(10-15)20(21,22)23/h4-10,12H,3,11H2,1-2H3,(H,25,27)(H,26,28). The Morgan fingerprint density at radius 2 is 1.87 bits per heavy atom. The van der Waals surface area contributed by atoms with E-state index in [0.29, 0.717) is 23.7 Å². The van der Waals surface area contributed by atoms with E-state index in [4.69, 9.17) is 9.47 Å². The highest BCUT2D eigenvalue weighted by atomic mass is 19.4. The lowest BCUT2D eigenvalue weighted by molar-refractivity contribution is -0.137. The van der Waals surface area contributed by atoms with E-state index in [0.717, 1.165) is 18.2 Å². The Hall–Kier alpha value is -3.56. The summed E-state index contributed by atoms with van der Waals surface area (Å²) in [6.07, 6.45) is -3.79. The molecule has 0 aliphatic rings. The first-order valence-corrected chi connectivity index (χ1v) is 8.82. The van der Waals surface area contributed by atoms with E-state index in [-0.39, 0.29) is 5.69 Å². The number of amides is 2. The van der Waals surface area contributed by atoms with Gasteiger partial charge in [-0.2, -0.15) is 18.3 Å². The van der Waals surface area contributed by atoms with Crippen molar-refractivity contribution in [3.05, 3.63) is 53.6 Å². The molecule has 0 radical (unpaired) electrons. The van der Waals surface area contributed by atoms with Crippen LogP contribution in [0.15, 0.2) is 47.6 Å². The fourth-order valence-corrected chi connectivity index (χ4v) is 2.38. The minimum atomic E-state index is -4.53. The molecule has 160 valence electrons. The number of hydrogen-bond acceptors (Lipinski definition) is 5. The van der Waals surface area contributed by atoms with Crippen LogP contribution in [0.4, 0.5) is 18.9 Å². The van der Waals surface area contributed by atoms with Gasteiger partial charge in [0, 0.05) is 5.69 Å². The van der Waals surface area contributed by atoms with Gasteiger partial charge >= 0.3 is 6.18 Å². The number of rotatable bonds is 8. The summed E-state index contributed by atoms with van der Waals surface area (Å²) in [6.45, 7) is 2.26. The Balaban J connectivity index is 1.90. The molecule has 30 heavy (non-hydrogen) atoms. The van der Waals surface area contributed by atoms with E-state index >= 15 is 0 Å². The summed E-state index contributed by atoms with van der Waals surface area (Å²) in [5, 5.41) is 6.00. The van der Waals surface area contributed by atoms with Crippen LogP contribution in [0.2, 0.25) is 0 Å². The van der Waals surface area contributed by atoms with Crippen molar-refractivity contribution in [2.75, 3.05) is 19.0 Å². The fourth-order valence-electron chi connectivity index (χ4n) is 2.38. The maximum absolute atomic E-state index is 12.7. The number of hydrogen-bond donors (Lipinski definition) is 2. The van der Waals surface area contributed by atoms with Crippen LogP contribution < -0.4 is 20.2 Å². The van der Waals surface area contributed by atoms with Crippen molar-refractivity contribution in [1.29, 1.82) is 0 Å². The highest BCUT2D eigenvalue weighted by molar-refractivity contribution is 6.03. The van der Waals surface area contributed by atoms with Crippen LogP contribution >= 0.6 is 0 Å². The van der Waals surface area contributed by atoms with Crippen molar-refractivity contribution in [2.24, 2.45) is 5.10 Å². The smallest absolute Gasteiger partial charge is 0.416 e. The number of ether oxygens (including phenoxy) is 2. The zero-order valence-corrected chi connectivity index (χ0v) is 16.2. The van der Waals surface area contributed by atoms with Crippen LogP contribution in [-0.2, 0) is 15.8 Å². The Morgan fingerprint density at radius 3 is 2.53 bits per heavy atom. The third-order valence-electron chi connectivity index (χ3n) is 3.69. The summed E-state index contributed by atoms with van der Waals surface area (Å²) in [4.78, 5) is 23.7. The lowest BCUT2D eigenvalue weighted by Gasteiger charge is -2.10. The highest BCUT2D eigenvalue weighted by Gasteiger charge is 2.30. The van der Waals surface area contributed by atoms with Crippen LogP contribution in [0.25, 0.3) is 0 Å². The molecule has 0 spiro atoms. The average molecular weight is 423 g/mol. The molecule has 2 N–H and O–H groups in total. The normalized spacial score (nSPS) is 11.2. The monoisotopic (exact) mass is 423 g/mol. The second kappa shape index (κ2) is 10.3. The zero-order chi connectivity index (χ0) is 22.1. The third-order valence-corrected chi connectivity index (χ3v) is 3.69. The number of alkyl halides is 3. The van der Waals surface area contributed by atoms with Gasteiger partial charge in [-0.05, 0) is 48.9 Å². The van der Waals surface area contributed by atoms with Gasteiger partial charge in [-0.15, -0.1) is 0 Å². The van der Waals surface area contributed by atoms with E-state index in [1.807, 2.05) is 6.92 Å². The number of hydrazone groups is 1. The Bertz CT molecular complexity index is 930. The first-order valence-electron chi connectivity index (χ1n) is 8.82. The molecule has 2 aromatic carbocycles. The molecule has 0 heterocycles. The largest absolute Gasteiger partial charge is 0.493 e. The first kappa shape index (κ1) is 22.7. The van der Waals surface area contributed by atoms with Crippen molar-refractivity contribution in [1.82, 2.24) is 5.43 Å². The number of halogens is 3. The molecule has 0 saturated carbocycles. The molecule has 0 fully saturated rings. The predicted molar refractivity (Wildman–Crippen MR) is 105 cm³/mol. The SMILES string of the molecule is CCOc1cc(C=NNC(=O)CC(=O)Nc2cccc(C(F)(F)F)c2)ccc1OC. The number of nitrogens with one attached hydrogen (secondary N) is 2. The molecular weight excluding hydrogens is 403 g/mol. The highest BCUT2D eigenvalue weighted by Crippen LogP contribution is 2.30. The summed E-state index contributed by atoms with van der Waals surface area (Å²) in [5.41, 5.74) is 1.83. The number of carbonyl (C=O) groups excluding carboxylic acids is 2. The van der Waals surface area contributed by atoms with Crippen molar-refractivity contribution in [2.45, 2.75) is 19.5 Å². The number of nitrogens with zero attached hydrogens (tertiary/aromatic N) is 1. The topological polar surface area (TPSA) is 89.0 Å². The van der Waals surface area contributed by atoms with E-state index in [1.165, 1.54) is 19.4 Å². The van der Waals surface area contributed by atoms with E-state index in [2.05, 4.69) is 15.8 Å². The predicted octanol–water partition coefficient (Wildman–Crippen LogP) is 3.59. The summed E-state index contributed by atoms with van der Waals surface area (Å²) in [5.74, 6) is -0.445. The Labute approximate surface area is 170 Å². The van der Waals surface area contributed by atoms with Crippen LogP contribution in [0.3, 0.4) is 0 Å². The van der Waals surface area contributed by atoms with Crippen molar-refractivity contribution in [3.63, 3.8) is 0 Å². The van der Waals surface area contributed by atoms with Gasteiger partial charge in [-0.1, -0.05) is 6.07 Å². The van der Waals surface area contributed by atoms with E-state index < -0.39 is 30.0 Å². The lowest BCUT2D eigenvalue weighted by atomic mass is 10.2. The third kappa shape index (κ3) is 6.80. The molecule has 0 aromatic heterocycles. The summed E-state index contributed by atoms with van der Waals surface area (Å²) < 4.78 is 48.7. The second-order valence-electron chi connectivity index (χ2n) is 5.94. The molecule has 10 heteroatoms. The number of anilines is 1. The minimum Gasteiger partial charge on any atom is -0.493 e. The second-order valence-corrected chi connectivity index (χ2v) is 5.94. The van der Waals surface area contributed by atoms with E-state index in [9.17, 15) is 22.8 Å². The Morgan fingerprint density at radius 1 is 1.10 bits per heavy atom. The van der Waals surface area contributed by atoms with Gasteiger partial charge < -0.3 is 14.8 Å². The molecule has 7 nitrogen and oxygen atoms in total. The maximum atomic E-state index is 12.7. The van der Waals surface area contributed by atoms with Gasteiger partial charge in [0.1, 0.15) is 6.42 Å². The first-order chi connectivity index (χ1) is 14.2. The molecule has 0 aliphatic carbocycles. The number of carbonyl (C=O) groups is 2. The summed E-state index contributed by atoms with van der Waals surface area (Å²) in [7, 11) is 1.51. The van der Waals surface area contributed by atoms with Gasteiger partial charge in [0.2, 0.25) is 11.8 Å². The molecule has 2 rings (SSSR count). The van der Waals surface area contributed by atoms with Crippen molar-refractivity contribution < 1.29 is 32.2 Å². The van der Waals surface area contributed by atoms with E-state index in [1.54, 1.807) is 18.2 Å². The fraction of sp³-hybridized carbons (Fsp3) is 0.250. The summed E-state index contributed by atoms with van der Waals surface area (Å²) in [6, 6.07) is 9.16. The quantitative estimate of drug-likeness (QED) is 0.386. The Kier molecular flexibility index (Phi) is 7.79. The minimum absolute atomic E-state index is 0.0622. The van der Waals surface area contributed by atoms with Crippen LogP contribution in [0, 0.1) is 0 Å². The van der Waals surface area contributed by atoms with Gasteiger partial charge in [0.15, 0.2) is 11.5 Å². The van der Waals surface area contributed by atoms with Gasteiger partial charge in [-0.25, -0.2) is 5.43 Å². The lowest BCUT2D eigenvalue weighted by Crippen LogP contribution is -2.24. The molecule has 0 atom stereocenters. The zero-order valence-electron chi connectivity index (χ0n) is 16.2. The van der Waals surface area contributed by atoms with Gasteiger partial charge in [0.05, 0.1) is 25.5 Å². The van der Waals surface area contributed by atoms with Gasteiger partial charge in [0.25, 0.3) is 0 Å². The molecule has 2 amide bonds. The van der Waals surface area contributed by atoms with Gasteiger partial charge in [-0.3, -0.25) is 9.59 Å². The molecule has 0 unspecified atom stereocenters. The maximum Gasteiger partial charge on any atom is 0.416 e. The molecular formula is C20H20F3N3O4.